The van der Waals surface area contributed by atoms with Crippen LogP contribution in [0.5, 0.6) is 0 Å². The lowest BCUT2D eigenvalue weighted by Gasteiger charge is -2.09. The molecule has 0 amide bonds. The molecule has 0 aliphatic heterocycles. The second-order valence-electron chi connectivity index (χ2n) is 11.8. The number of hydrogen-bond donors (Lipinski definition) is 0. The third-order valence-corrected chi connectivity index (χ3v) is 8.78. The van der Waals surface area contributed by atoms with Gasteiger partial charge >= 0.3 is 0 Å². The number of aromatic nitrogens is 7. The minimum atomic E-state index is 0.498. The summed E-state index contributed by atoms with van der Waals surface area (Å²) in [7, 11) is 0. The quantitative estimate of drug-likeness (QED) is 0.177. The molecular weight excluding hydrogens is 606 g/mol. The number of para-hydroxylation sites is 2. The first kappa shape index (κ1) is 27.2. The van der Waals surface area contributed by atoms with E-state index in [0.29, 0.717) is 34.3 Å². The highest BCUT2D eigenvalue weighted by atomic mass is 16.3. The second-order valence-corrected chi connectivity index (χ2v) is 11.8. The van der Waals surface area contributed by atoms with Crippen molar-refractivity contribution in [1.29, 1.82) is 0 Å². The standard InChI is InChI=1S/C41H23N7O/c1-2-7-27(8-3-1)38-46-39(28-16-12-24(13-17-28)31-20-18-26-15-14-25-9-6-22-42-35(25)36(26)43-31)48-40(47-38)29-19-21-34-30(23-29)37-41(49-34)45-33-11-5-4-10-32(33)44-37/h1-23H. The number of nitrogens with zero attached hydrogens (tertiary/aromatic N) is 7. The highest BCUT2D eigenvalue weighted by Crippen LogP contribution is 2.33. The lowest BCUT2D eigenvalue weighted by molar-refractivity contribution is 0.655. The lowest BCUT2D eigenvalue weighted by Crippen LogP contribution is -2.00. The van der Waals surface area contributed by atoms with E-state index >= 15 is 0 Å². The summed E-state index contributed by atoms with van der Waals surface area (Å²) < 4.78 is 6.09. The molecule has 5 aromatic heterocycles. The summed E-state index contributed by atoms with van der Waals surface area (Å²) in [5.74, 6) is 1.71. The van der Waals surface area contributed by atoms with Crippen molar-refractivity contribution in [2.75, 3.05) is 0 Å². The SMILES string of the molecule is c1ccc(-c2nc(-c3ccc(-c4ccc5ccc6cccnc6c5n4)cc3)nc(-c3ccc4oc5nc6ccccc6nc5c4c3)n2)cc1. The Bertz CT molecular complexity index is 2890. The summed E-state index contributed by atoms with van der Waals surface area (Å²) in [6.07, 6.45) is 1.81. The monoisotopic (exact) mass is 629 g/mol. The minimum absolute atomic E-state index is 0.498. The average Bonchev–Trinajstić information content (AvgIpc) is 3.53. The molecule has 10 rings (SSSR count). The van der Waals surface area contributed by atoms with Crippen molar-refractivity contribution in [2.45, 2.75) is 0 Å². The van der Waals surface area contributed by atoms with Crippen molar-refractivity contribution in [2.24, 2.45) is 0 Å². The van der Waals surface area contributed by atoms with Gasteiger partial charge in [0.25, 0.3) is 0 Å². The van der Waals surface area contributed by atoms with Crippen molar-refractivity contribution < 1.29 is 4.42 Å². The smallest absolute Gasteiger partial charge is 0.246 e. The van der Waals surface area contributed by atoms with Gasteiger partial charge in [0.15, 0.2) is 17.5 Å². The van der Waals surface area contributed by atoms with Gasteiger partial charge in [-0.3, -0.25) is 4.98 Å². The third kappa shape index (κ3) is 4.65. The van der Waals surface area contributed by atoms with Crippen molar-refractivity contribution in [1.82, 2.24) is 34.9 Å². The van der Waals surface area contributed by atoms with E-state index in [0.717, 1.165) is 66.2 Å². The van der Waals surface area contributed by atoms with Gasteiger partial charge in [-0.25, -0.2) is 29.9 Å². The first-order chi connectivity index (χ1) is 24.2. The fourth-order valence-electron chi connectivity index (χ4n) is 6.30. The Hall–Kier alpha value is -6.93. The maximum atomic E-state index is 6.09. The maximum Gasteiger partial charge on any atom is 0.246 e. The Morgan fingerprint density at radius 3 is 1.84 bits per heavy atom. The van der Waals surface area contributed by atoms with E-state index in [-0.39, 0.29) is 0 Å². The molecule has 0 saturated carbocycles. The Labute approximate surface area is 278 Å². The zero-order valence-electron chi connectivity index (χ0n) is 25.8. The van der Waals surface area contributed by atoms with Crippen LogP contribution < -0.4 is 0 Å². The van der Waals surface area contributed by atoms with E-state index in [2.05, 4.69) is 41.4 Å². The first-order valence-corrected chi connectivity index (χ1v) is 15.9. The number of fused-ring (bicyclic) bond motifs is 7. The topological polar surface area (TPSA) is 103 Å². The molecule has 8 nitrogen and oxygen atoms in total. The molecule has 8 heteroatoms. The molecule has 0 saturated heterocycles. The van der Waals surface area contributed by atoms with Crippen LogP contribution in [0.15, 0.2) is 144 Å². The van der Waals surface area contributed by atoms with Gasteiger partial charge in [0.2, 0.25) is 5.71 Å². The molecule has 0 unspecified atom stereocenters. The van der Waals surface area contributed by atoms with Crippen LogP contribution >= 0.6 is 0 Å². The van der Waals surface area contributed by atoms with Gasteiger partial charge in [0.05, 0.1) is 27.8 Å². The van der Waals surface area contributed by atoms with E-state index in [4.69, 9.17) is 34.3 Å². The molecule has 0 fully saturated rings. The Morgan fingerprint density at radius 1 is 0.408 bits per heavy atom. The normalized spacial score (nSPS) is 11.7. The molecule has 10 aromatic rings. The zero-order chi connectivity index (χ0) is 32.3. The predicted octanol–water partition coefficient (Wildman–Crippen LogP) is 9.48. The maximum absolute atomic E-state index is 6.09. The fourth-order valence-corrected chi connectivity index (χ4v) is 6.30. The van der Waals surface area contributed by atoms with Gasteiger partial charge in [-0.2, -0.15) is 0 Å². The lowest BCUT2D eigenvalue weighted by atomic mass is 10.1. The van der Waals surface area contributed by atoms with Crippen LogP contribution in [-0.2, 0) is 0 Å². The molecular formula is C41H23N7O. The van der Waals surface area contributed by atoms with E-state index in [1.54, 1.807) is 0 Å². The first-order valence-electron chi connectivity index (χ1n) is 15.9. The van der Waals surface area contributed by atoms with E-state index < -0.39 is 0 Å². The Balaban J connectivity index is 1.08. The van der Waals surface area contributed by atoms with Crippen LogP contribution in [0.3, 0.4) is 0 Å². The van der Waals surface area contributed by atoms with E-state index in [1.165, 1.54) is 0 Å². The highest BCUT2D eigenvalue weighted by molar-refractivity contribution is 6.05. The van der Waals surface area contributed by atoms with Crippen LogP contribution in [0.25, 0.3) is 100 Å². The number of rotatable bonds is 4. The summed E-state index contributed by atoms with van der Waals surface area (Å²) in [4.78, 5) is 34.1. The van der Waals surface area contributed by atoms with Crippen LogP contribution in [0.2, 0.25) is 0 Å². The summed E-state index contributed by atoms with van der Waals surface area (Å²) >= 11 is 0. The Kier molecular flexibility index (Phi) is 6.01. The van der Waals surface area contributed by atoms with Gasteiger partial charge < -0.3 is 4.42 Å². The van der Waals surface area contributed by atoms with Crippen molar-refractivity contribution >= 4 is 55.0 Å². The minimum Gasteiger partial charge on any atom is -0.436 e. The molecule has 0 aliphatic carbocycles. The molecule has 228 valence electrons. The van der Waals surface area contributed by atoms with Crippen LogP contribution in [-0.4, -0.2) is 34.9 Å². The highest BCUT2D eigenvalue weighted by Gasteiger charge is 2.17. The van der Waals surface area contributed by atoms with Crippen LogP contribution in [0, 0.1) is 0 Å². The molecule has 0 aliphatic rings. The van der Waals surface area contributed by atoms with E-state index in [1.807, 2.05) is 103 Å². The molecule has 49 heavy (non-hydrogen) atoms. The molecule has 5 heterocycles. The molecule has 5 aromatic carbocycles. The average molecular weight is 630 g/mol. The Morgan fingerprint density at radius 2 is 1.04 bits per heavy atom. The molecule has 0 bridgehead atoms. The molecule has 0 N–H and O–H groups in total. The number of pyridine rings is 2. The van der Waals surface area contributed by atoms with Crippen LogP contribution in [0.4, 0.5) is 0 Å². The van der Waals surface area contributed by atoms with Crippen molar-refractivity contribution in [3.05, 3.63) is 140 Å². The van der Waals surface area contributed by atoms with Gasteiger partial charge in [-0.05, 0) is 42.5 Å². The second kappa shape index (κ2) is 10.8. The number of benzene rings is 5. The van der Waals surface area contributed by atoms with Gasteiger partial charge in [0, 0.05) is 44.6 Å². The van der Waals surface area contributed by atoms with Gasteiger partial charge in [-0.15, -0.1) is 0 Å². The zero-order valence-corrected chi connectivity index (χ0v) is 25.8. The van der Waals surface area contributed by atoms with Crippen LogP contribution in [0.1, 0.15) is 0 Å². The van der Waals surface area contributed by atoms with Gasteiger partial charge in [-0.1, -0.05) is 91.0 Å². The van der Waals surface area contributed by atoms with Crippen molar-refractivity contribution in [3.8, 4) is 45.4 Å². The number of furan rings is 1. The molecule has 0 spiro atoms. The summed E-state index contributed by atoms with van der Waals surface area (Å²) in [6.45, 7) is 0. The van der Waals surface area contributed by atoms with Crippen molar-refractivity contribution in [3.63, 3.8) is 0 Å². The predicted molar refractivity (Wildman–Crippen MR) is 193 cm³/mol. The third-order valence-electron chi connectivity index (χ3n) is 8.78. The van der Waals surface area contributed by atoms with Gasteiger partial charge in [0.1, 0.15) is 11.1 Å². The molecule has 0 atom stereocenters. The number of hydrogen-bond acceptors (Lipinski definition) is 8. The fraction of sp³-hybridized carbons (Fsp3) is 0. The van der Waals surface area contributed by atoms with E-state index in [9.17, 15) is 0 Å². The summed E-state index contributed by atoms with van der Waals surface area (Å²) in [5, 5.41) is 2.97. The summed E-state index contributed by atoms with van der Waals surface area (Å²) in [5.41, 5.74) is 9.73. The molecule has 0 radical (unpaired) electrons. The summed E-state index contributed by atoms with van der Waals surface area (Å²) in [6, 6.07) is 44.1. The largest absolute Gasteiger partial charge is 0.436 e.